The smallest absolute Gasteiger partial charge is 0.253 e. The average Bonchev–Trinajstić information content (AvgIpc) is 2.68. The van der Waals surface area contributed by atoms with Gasteiger partial charge in [-0.15, -0.1) is 0 Å². The van der Waals surface area contributed by atoms with Crippen molar-refractivity contribution in [2.45, 2.75) is 26.8 Å². The Morgan fingerprint density at radius 2 is 1.75 bits per heavy atom. The zero-order chi connectivity index (χ0) is 20.7. The van der Waals surface area contributed by atoms with E-state index in [1.54, 1.807) is 59.3 Å². The SMILES string of the molecule is CCN(CC)C(=O)c1cccc(NC(=O)CN(C)C(C)c2ccccc2F)c1. The Hall–Kier alpha value is -2.73. The highest BCUT2D eigenvalue weighted by Crippen LogP contribution is 2.21. The largest absolute Gasteiger partial charge is 0.339 e. The molecule has 0 radical (unpaired) electrons. The second-order valence-corrected chi connectivity index (χ2v) is 6.72. The fourth-order valence-corrected chi connectivity index (χ4v) is 3.04. The van der Waals surface area contributed by atoms with E-state index in [4.69, 9.17) is 0 Å². The van der Waals surface area contributed by atoms with E-state index < -0.39 is 0 Å². The Morgan fingerprint density at radius 3 is 2.39 bits per heavy atom. The first-order chi connectivity index (χ1) is 13.4. The van der Waals surface area contributed by atoms with Crippen LogP contribution < -0.4 is 5.32 Å². The van der Waals surface area contributed by atoms with Crippen LogP contribution in [0.4, 0.5) is 10.1 Å². The molecule has 0 bridgehead atoms. The Kier molecular flexibility index (Phi) is 7.70. The number of nitrogens with one attached hydrogen (secondary N) is 1. The molecule has 150 valence electrons. The minimum absolute atomic E-state index is 0.0635. The molecule has 6 heteroatoms. The second kappa shape index (κ2) is 9.99. The van der Waals surface area contributed by atoms with Crippen molar-refractivity contribution < 1.29 is 14.0 Å². The van der Waals surface area contributed by atoms with Crippen molar-refractivity contribution in [1.82, 2.24) is 9.80 Å². The molecule has 2 amide bonds. The number of benzene rings is 2. The van der Waals surface area contributed by atoms with Gasteiger partial charge in [-0.05, 0) is 52.1 Å². The van der Waals surface area contributed by atoms with E-state index in [0.717, 1.165) is 0 Å². The minimum atomic E-state index is -0.287. The summed E-state index contributed by atoms with van der Waals surface area (Å²) >= 11 is 0. The Morgan fingerprint density at radius 1 is 1.07 bits per heavy atom. The summed E-state index contributed by atoms with van der Waals surface area (Å²) < 4.78 is 14.0. The van der Waals surface area contributed by atoms with Gasteiger partial charge in [0.25, 0.3) is 5.91 Å². The zero-order valence-corrected chi connectivity index (χ0v) is 16.9. The lowest BCUT2D eigenvalue weighted by atomic mass is 10.1. The van der Waals surface area contributed by atoms with Gasteiger partial charge in [0.1, 0.15) is 5.82 Å². The first-order valence-corrected chi connectivity index (χ1v) is 9.51. The van der Waals surface area contributed by atoms with Crippen LogP contribution in [0.3, 0.4) is 0 Å². The molecule has 0 heterocycles. The van der Waals surface area contributed by atoms with Crippen molar-refractivity contribution >= 4 is 17.5 Å². The number of nitrogens with zero attached hydrogens (tertiary/aromatic N) is 2. The first kappa shape index (κ1) is 21.6. The van der Waals surface area contributed by atoms with Crippen LogP contribution in [0.2, 0.25) is 0 Å². The summed E-state index contributed by atoms with van der Waals surface area (Å²) in [6.45, 7) is 7.08. The fraction of sp³-hybridized carbons (Fsp3) is 0.364. The third kappa shape index (κ3) is 5.39. The van der Waals surface area contributed by atoms with Crippen LogP contribution in [-0.2, 0) is 4.79 Å². The second-order valence-electron chi connectivity index (χ2n) is 6.72. The number of amides is 2. The van der Waals surface area contributed by atoms with Crippen LogP contribution in [0, 0.1) is 5.82 Å². The predicted octanol–water partition coefficient (Wildman–Crippen LogP) is 3.94. The maximum absolute atomic E-state index is 14.0. The highest BCUT2D eigenvalue weighted by Gasteiger charge is 2.18. The summed E-state index contributed by atoms with van der Waals surface area (Å²) in [6.07, 6.45) is 0. The van der Waals surface area contributed by atoms with Gasteiger partial charge in [0.2, 0.25) is 5.91 Å². The van der Waals surface area contributed by atoms with Gasteiger partial charge in [-0.1, -0.05) is 24.3 Å². The molecule has 0 aromatic heterocycles. The topological polar surface area (TPSA) is 52.7 Å². The molecule has 0 saturated carbocycles. The summed E-state index contributed by atoms with van der Waals surface area (Å²) in [4.78, 5) is 28.4. The molecule has 0 fully saturated rings. The van der Waals surface area contributed by atoms with Crippen LogP contribution in [0.25, 0.3) is 0 Å². The lowest BCUT2D eigenvalue weighted by Crippen LogP contribution is -2.33. The quantitative estimate of drug-likeness (QED) is 0.749. The molecule has 2 aromatic rings. The van der Waals surface area contributed by atoms with Gasteiger partial charge in [-0.25, -0.2) is 4.39 Å². The molecular weight excluding hydrogens is 357 g/mol. The van der Waals surface area contributed by atoms with Crippen LogP contribution in [0.1, 0.15) is 42.7 Å². The van der Waals surface area contributed by atoms with Gasteiger partial charge in [0.05, 0.1) is 6.54 Å². The van der Waals surface area contributed by atoms with E-state index in [1.807, 2.05) is 20.8 Å². The molecule has 0 aliphatic heterocycles. The maximum Gasteiger partial charge on any atom is 0.253 e. The van der Waals surface area contributed by atoms with Crippen molar-refractivity contribution in [3.05, 3.63) is 65.5 Å². The molecule has 28 heavy (non-hydrogen) atoms. The molecule has 2 aromatic carbocycles. The number of hydrogen-bond acceptors (Lipinski definition) is 3. The standard InChI is InChI=1S/C22H28FN3O2/c1-5-26(6-2)22(28)17-10-9-11-18(14-17)24-21(27)15-25(4)16(3)19-12-7-8-13-20(19)23/h7-14,16H,5-6,15H2,1-4H3,(H,24,27). The van der Waals surface area contributed by atoms with Gasteiger partial charge in [-0.3, -0.25) is 14.5 Å². The number of rotatable bonds is 8. The van der Waals surface area contributed by atoms with Gasteiger partial charge < -0.3 is 10.2 Å². The van der Waals surface area contributed by atoms with Crippen molar-refractivity contribution in [2.24, 2.45) is 0 Å². The summed E-state index contributed by atoms with van der Waals surface area (Å²) in [5.41, 5.74) is 1.65. The molecule has 1 unspecified atom stereocenters. The van der Waals surface area contributed by atoms with E-state index in [9.17, 15) is 14.0 Å². The first-order valence-electron chi connectivity index (χ1n) is 9.51. The van der Waals surface area contributed by atoms with Crippen molar-refractivity contribution in [2.75, 3.05) is 32.0 Å². The third-order valence-corrected chi connectivity index (χ3v) is 4.85. The lowest BCUT2D eigenvalue weighted by molar-refractivity contribution is -0.117. The summed E-state index contributed by atoms with van der Waals surface area (Å²) in [5, 5.41) is 2.82. The summed E-state index contributed by atoms with van der Waals surface area (Å²) in [7, 11) is 1.77. The van der Waals surface area contributed by atoms with E-state index in [2.05, 4.69) is 5.32 Å². The van der Waals surface area contributed by atoms with Crippen LogP contribution in [0.5, 0.6) is 0 Å². The number of hydrogen-bond donors (Lipinski definition) is 1. The fourth-order valence-electron chi connectivity index (χ4n) is 3.04. The van der Waals surface area contributed by atoms with Crippen LogP contribution >= 0.6 is 0 Å². The van der Waals surface area contributed by atoms with E-state index in [-0.39, 0.29) is 30.2 Å². The van der Waals surface area contributed by atoms with Gasteiger partial charge in [0, 0.05) is 35.9 Å². The van der Waals surface area contributed by atoms with Crippen molar-refractivity contribution in [1.29, 1.82) is 0 Å². The minimum Gasteiger partial charge on any atom is -0.339 e. The van der Waals surface area contributed by atoms with Crippen LogP contribution in [-0.4, -0.2) is 48.3 Å². The molecule has 1 N–H and O–H groups in total. The number of halogens is 1. The molecule has 0 aliphatic rings. The molecule has 2 rings (SSSR count). The van der Waals surface area contributed by atoms with E-state index >= 15 is 0 Å². The number of carbonyl (C=O) groups excluding carboxylic acids is 2. The Balaban J connectivity index is 2.02. The molecule has 1 atom stereocenters. The van der Waals surface area contributed by atoms with Crippen molar-refractivity contribution in [3.8, 4) is 0 Å². The van der Waals surface area contributed by atoms with E-state index in [1.165, 1.54) is 6.07 Å². The summed E-state index contributed by atoms with van der Waals surface area (Å²) in [5.74, 6) is -0.575. The average molecular weight is 385 g/mol. The maximum atomic E-state index is 14.0. The van der Waals surface area contributed by atoms with Gasteiger partial charge >= 0.3 is 0 Å². The number of anilines is 1. The molecule has 0 aliphatic carbocycles. The van der Waals surface area contributed by atoms with Gasteiger partial charge in [-0.2, -0.15) is 0 Å². The highest BCUT2D eigenvalue weighted by atomic mass is 19.1. The van der Waals surface area contributed by atoms with Crippen molar-refractivity contribution in [3.63, 3.8) is 0 Å². The molecule has 0 saturated heterocycles. The Bertz CT molecular complexity index is 821. The number of likely N-dealkylation sites (N-methyl/N-ethyl adjacent to an activating group) is 1. The van der Waals surface area contributed by atoms with Crippen LogP contribution in [0.15, 0.2) is 48.5 Å². The molecular formula is C22H28FN3O2. The zero-order valence-electron chi connectivity index (χ0n) is 16.9. The third-order valence-electron chi connectivity index (χ3n) is 4.85. The molecule has 0 spiro atoms. The monoisotopic (exact) mass is 385 g/mol. The highest BCUT2D eigenvalue weighted by molar-refractivity contribution is 5.97. The summed E-state index contributed by atoms with van der Waals surface area (Å²) in [6, 6.07) is 13.2. The normalized spacial score (nSPS) is 11.9. The Labute approximate surface area is 166 Å². The molecule has 5 nitrogen and oxygen atoms in total. The predicted molar refractivity (Wildman–Crippen MR) is 110 cm³/mol. The van der Waals surface area contributed by atoms with Gasteiger partial charge in [0.15, 0.2) is 0 Å². The van der Waals surface area contributed by atoms with E-state index in [0.29, 0.717) is 29.9 Å². The number of carbonyl (C=O) groups is 2. The lowest BCUT2D eigenvalue weighted by Gasteiger charge is -2.25.